The van der Waals surface area contributed by atoms with Gasteiger partial charge in [-0.1, -0.05) is 0 Å². The van der Waals surface area contributed by atoms with E-state index in [1.807, 2.05) is 0 Å². The molecular formula is C12H21NO2. The predicted octanol–water partition coefficient (Wildman–Crippen LogP) is 1.61. The Kier molecular flexibility index (Phi) is 3.42. The number of carbonyl (C=O) groups excluding carboxylic acids is 1. The zero-order chi connectivity index (χ0) is 10.8. The number of Topliss-reactive ketones (excluding diaryl/α,β-unsaturated/α-hetero) is 1. The van der Waals surface area contributed by atoms with Crippen molar-refractivity contribution in [3.05, 3.63) is 0 Å². The fraction of sp³-hybridized carbons (Fsp3) is 0.917. The monoisotopic (exact) mass is 211 g/mol. The van der Waals surface area contributed by atoms with Gasteiger partial charge in [0, 0.05) is 44.7 Å². The van der Waals surface area contributed by atoms with Crippen LogP contribution in [0.3, 0.4) is 0 Å². The Labute approximate surface area is 91.8 Å². The third-order valence-corrected chi connectivity index (χ3v) is 3.85. The van der Waals surface area contributed by atoms with Crippen molar-refractivity contribution in [2.24, 2.45) is 0 Å². The highest BCUT2D eigenvalue weighted by molar-refractivity contribution is 5.81. The van der Waals surface area contributed by atoms with Crippen molar-refractivity contribution in [3.8, 4) is 0 Å². The van der Waals surface area contributed by atoms with Gasteiger partial charge in [0.2, 0.25) is 0 Å². The molecule has 0 aromatic carbocycles. The molecule has 15 heavy (non-hydrogen) atoms. The van der Waals surface area contributed by atoms with Crippen molar-refractivity contribution in [2.75, 3.05) is 13.7 Å². The van der Waals surface area contributed by atoms with Gasteiger partial charge in [-0.15, -0.1) is 0 Å². The first-order valence-electron chi connectivity index (χ1n) is 6.00. The number of nitrogens with zero attached hydrogens (tertiary/aromatic N) is 1. The minimum Gasteiger partial charge on any atom is -0.385 e. The van der Waals surface area contributed by atoms with Crippen molar-refractivity contribution in [3.63, 3.8) is 0 Å². The number of piperidine rings is 1. The lowest BCUT2D eigenvalue weighted by molar-refractivity contribution is -0.124. The van der Waals surface area contributed by atoms with Crippen LogP contribution in [-0.2, 0) is 9.53 Å². The normalized spacial score (nSPS) is 33.3. The molecule has 3 heteroatoms. The van der Waals surface area contributed by atoms with E-state index >= 15 is 0 Å². The highest BCUT2D eigenvalue weighted by atomic mass is 16.5. The third kappa shape index (κ3) is 2.23. The van der Waals surface area contributed by atoms with Crippen LogP contribution in [-0.4, -0.2) is 42.5 Å². The highest BCUT2D eigenvalue weighted by Crippen LogP contribution is 2.36. The van der Waals surface area contributed by atoms with E-state index < -0.39 is 0 Å². The van der Waals surface area contributed by atoms with Crippen molar-refractivity contribution < 1.29 is 9.53 Å². The molecule has 0 aromatic rings. The van der Waals surface area contributed by atoms with Gasteiger partial charge >= 0.3 is 0 Å². The molecule has 2 rings (SSSR count). The number of methoxy groups -OCH3 is 1. The second-order valence-corrected chi connectivity index (χ2v) is 4.91. The van der Waals surface area contributed by atoms with Crippen LogP contribution < -0.4 is 0 Å². The van der Waals surface area contributed by atoms with Crippen LogP contribution in [0.1, 0.15) is 39.0 Å². The van der Waals surface area contributed by atoms with Gasteiger partial charge in [0.15, 0.2) is 0 Å². The molecule has 2 aliphatic rings. The second kappa shape index (κ2) is 4.62. The lowest BCUT2D eigenvalue weighted by atomic mass is 9.98. The topological polar surface area (TPSA) is 29.5 Å². The standard InChI is InChI=1S/C12H21NO2/c1-9(5-6-15-2)13-10-3-4-11(13)8-12(14)7-10/h9-11H,3-8H2,1-2H3. The Bertz CT molecular complexity index is 226. The molecule has 2 saturated heterocycles. The summed E-state index contributed by atoms with van der Waals surface area (Å²) in [5.74, 6) is 0.470. The summed E-state index contributed by atoms with van der Waals surface area (Å²) >= 11 is 0. The van der Waals surface area contributed by atoms with Crippen LogP contribution in [0, 0.1) is 0 Å². The van der Waals surface area contributed by atoms with Gasteiger partial charge in [-0.25, -0.2) is 0 Å². The summed E-state index contributed by atoms with van der Waals surface area (Å²) < 4.78 is 5.12. The molecule has 86 valence electrons. The second-order valence-electron chi connectivity index (χ2n) is 4.91. The maximum absolute atomic E-state index is 11.5. The van der Waals surface area contributed by atoms with Gasteiger partial charge in [0.05, 0.1) is 0 Å². The predicted molar refractivity (Wildman–Crippen MR) is 58.8 cm³/mol. The average Bonchev–Trinajstić information content (AvgIpc) is 2.48. The summed E-state index contributed by atoms with van der Waals surface area (Å²) in [5.41, 5.74) is 0. The number of carbonyl (C=O) groups is 1. The minimum absolute atomic E-state index is 0.470. The van der Waals surface area contributed by atoms with E-state index in [9.17, 15) is 4.79 Å². The van der Waals surface area contributed by atoms with Gasteiger partial charge < -0.3 is 4.74 Å². The number of hydrogen-bond acceptors (Lipinski definition) is 3. The first-order chi connectivity index (χ1) is 7.22. The van der Waals surface area contributed by atoms with Crippen LogP contribution in [0.2, 0.25) is 0 Å². The van der Waals surface area contributed by atoms with Gasteiger partial charge in [0.25, 0.3) is 0 Å². The van der Waals surface area contributed by atoms with E-state index in [-0.39, 0.29) is 0 Å². The summed E-state index contributed by atoms with van der Waals surface area (Å²) in [7, 11) is 1.75. The lowest BCUT2D eigenvalue weighted by Crippen LogP contribution is -2.48. The Balaban J connectivity index is 1.95. The zero-order valence-corrected chi connectivity index (χ0v) is 9.74. The molecule has 0 spiro atoms. The summed E-state index contributed by atoms with van der Waals surface area (Å²) in [6.45, 7) is 3.09. The van der Waals surface area contributed by atoms with E-state index in [1.165, 1.54) is 12.8 Å². The fourth-order valence-corrected chi connectivity index (χ4v) is 3.16. The fourth-order valence-electron chi connectivity index (χ4n) is 3.16. The van der Waals surface area contributed by atoms with Crippen LogP contribution in [0.4, 0.5) is 0 Å². The number of ether oxygens (including phenoxy) is 1. The highest BCUT2D eigenvalue weighted by Gasteiger charge is 2.41. The quantitative estimate of drug-likeness (QED) is 0.707. The van der Waals surface area contributed by atoms with Gasteiger partial charge in [-0.3, -0.25) is 9.69 Å². The average molecular weight is 211 g/mol. The Morgan fingerprint density at radius 1 is 1.40 bits per heavy atom. The minimum atomic E-state index is 0.470. The molecule has 0 saturated carbocycles. The number of hydrogen-bond donors (Lipinski definition) is 0. The Morgan fingerprint density at radius 3 is 2.53 bits per heavy atom. The lowest BCUT2D eigenvalue weighted by Gasteiger charge is -2.38. The molecule has 2 aliphatic heterocycles. The Hall–Kier alpha value is -0.410. The van der Waals surface area contributed by atoms with Crippen molar-refractivity contribution in [1.82, 2.24) is 4.90 Å². The number of fused-ring (bicyclic) bond motifs is 2. The molecule has 0 aromatic heterocycles. The van der Waals surface area contributed by atoms with E-state index in [4.69, 9.17) is 4.74 Å². The summed E-state index contributed by atoms with van der Waals surface area (Å²) in [4.78, 5) is 14.0. The number of rotatable bonds is 4. The van der Waals surface area contributed by atoms with Gasteiger partial charge in [-0.05, 0) is 26.2 Å². The molecule has 0 amide bonds. The molecule has 2 heterocycles. The maximum Gasteiger partial charge on any atom is 0.136 e. The van der Waals surface area contributed by atoms with Gasteiger partial charge in [0.1, 0.15) is 5.78 Å². The van der Waals surface area contributed by atoms with E-state index in [0.29, 0.717) is 23.9 Å². The third-order valence-electron chi connectivity index (χ3n) is 3.85. The van der Waals surface area contributed by atoms with Crippen molar-refractivity contribution in [2.45, 2.75) is 57.2 Å². The first-order valence-corrected chi connectivity index (χ1v) is 6.00. The zero-order valence-electron chi connectivity index (χ0n) is 9.74. The van der Waals surface area contributed by atoms with E-state index in [2.05, 4.69) is 11.8 Å². The van der Waals surface area contributed by atoms with Crippen molar-refractivity contribution in [1.29, 1.82) is 0 Å². The first kappa shape index (κ1) is 11.1. The maximum atomic E-state index is 11.5. The SMILES string of the molecule is COCCC(C)N1C2CCC1CC(=O)C2. The molecule has 3 unspecified atom stereocenters. The molecule has 3 nitrogen and oxygen atoms in total. The summed E-state index contributed by atoms with van der Waals surface area (Å²) in [5, 5.41) is 0. The largest absolute Gasteiger partial charge is 0.385 e. The molecule has 3 atom stereocenters. The van der Waals surface area contributed by atoms with E-state index in [1.54, 1.807) is 7.11 Å². The Morgan fingerprint density at radius 2 is 2.00 bits per heavy atom. The molecule has 2 bridgehead atoms. The van der Waals surface area contributed by atoms with Gasteiger partial charge in [-0.2, -0.15) is 0 Å². The summed E-state index contributed by atoms with van der Waals surface area (Å²) in [6, 6.07) is 1.63. The summed E-state index contributed by atoms with van der Waals surface area (Å²) in [6.07, 6.45) is 5.08. The van der Waals surface area contributed by atoms with Crippen molar-refractivity contribution >= 4 is 5.78 Å². The van der Waals surface area contributed by atoms with Crippen LogP contribution >= 0.6 is 0 Å². The molecule has 0 radical (unpaired) electrons. The molecular weight excluding hydrogens is 190 g/mol. The van der Waals surface area contributed by atoms with E-state index in [0.717, 1.165) is 25.9 Å². The van der Waals surface area contributed by atoms with Crippen LogP contribution in [0.5, 0.6) is 0 Å². The van der Waals surface area contributed by atoms with Crippen LogP contribution in [0.15, 0.2) is 0 Å². The smallest absolute Gasteiger partial charge is 0.136 e. The molecule has 2 fully saturated rings. The molecule has 0 aliphatic carbocycles. The molecule has 0 N–H and O–H groups in total. The van der Waals surface area contributed by atoms with Crippen LogP contribution in [0.25, 0.3) is 0 Å². The number of ketones is 1.